The number of carbonyl (C=O) groups is 1. The van der Waals surface area contributed by atoms with Gasteiger partial charge in [0.25, 0.3) is 5.91 Å². The van der Waals surface area contributed by atoms with E-state index < -0.39 is 10.8 Å². The summed E-state index contributed by atoms with van der Waals surface area (Å²) in [5.41, 5.74) is 6.42. The van der Waals surface area contributed by atoms with Crippen molar-refractivity contribution >= 4 is 22.4 Å². The third-order valence-electron chi connectivity index (χ3n) is 4.50. The van der Waals surface area contributed by atoms with Crippen LogP contribution in [0.2, 0.25) is 0 Å². The van der Waals surface area contributed by atoms with Crippen LogP contribution in [0.1, 0.15) is 21.5 Å². The summed E-state index contributed by atoms with van der Waals surface area (Å²) in [5, 5.41) is 2.95. The number of fused-ring (bicyclic) bond motifs is 3. The van der Waals surface area contributed by atoms with Crippen LogP contribution in [0.5, 0.6) is 0 Å². The molecule has 1 N–H and O–H groups in total. The molecule has 1 aliphatic rings. The van der Waals surface area contributed by atoms with Gasteiger partial charge in [-0.25, -0.2) is 0 Å². The number of carbonyl (C=O) groups excluding carboxylic acids is 1. The summed E-state index contributed by atoms with van der Waals surface area (Å²) in [6.07, 6.45) is 2.52. The van der Waals surface area contributed by atoms with Crippen LogP contribution in [0.25, 0.3) is 11.1 Å². The predicted molar refractivity (Wildman–Crippen MR) is 101 cm³/mol. The second-order valence-corrected chi connectivity index (χ2v) is 7.52. The van der Waals surface area contributed by atoms with E-state index in [-0.39, 0.29) is 5.91 Å². The van der Waals surface area contributed by atoms with Crippen LogP contribution in [0.4, 0.5) is 5.69 Å². The standard InChI is InChI=1S/C21H17NO2S/c1-25(24)18-9-6-14(7-10-18)21(23)22-17-8-11-20-16(13-17)12-15-4-2-3-5-19(15)20/h2-11,13H,12H2,1H3,(H,22,23)/t25-/m1/s1. The lowest BCUT2D eigenvalue weighted by molar-refractivity contribution is 0.102. The van der Waals surface area contributed by atoms with Crippen LogP contribution < -0.4 is 5.32 Å². The van der Waals surface area contributed by atoms with Gasteiger partial charge in [0.05, 0.1) is 0 Å². The van der Waals surface area contributed by atoms with Gasteiger partial charge in [-0.05, 0) is 65.1 Å². The Hall–Kier alpha value is -2.72. The normalized spacial score (nSPS) is 13.0. The van der Waals surface area contributed by atoms with Gasteiger partial charge in [-0.1, -0.05) is 30.3 Å². The van der Waals surface area contributed by atoms with Crippen molar-refractivity contribution in [2.24, 2.45) is 0 Å². The van der Waals surface area contributed by atoms with Crippen LogP contribution >= 0.6 is 0 Å². The highest BCUT2D eigenvalue weighted by Crippen LogP contribution is 2.37. The highest BCUT2D eigenvalue weighted by atomic mass is 32.2. The van der Waals surface area contributed by atoms with Crippen molar-refractivity contribution < 1.29 is 9.00 Å². The van der Waals surface area contributed by atoms with Crippen molar-refractivity contribution in [3.05, 3.63) is 83.4 Å². The average molecular weight is 347 g/mol. The number of nitrogens with one attached hydrogen (secondary N) is 1. The van der Waals surface area contributed by atoms with E-state index in [2.05, 4.69) is 35.6 Å². The number of hydrogen-bond acceptors (Lipinski definition) is 2. The van der Waals surface area contributed by atoms with Gasteiger partial charge in [-0.15, -0.1) is 0 Å². The molecular formula is C21H17NO2S. The highest BCUT2D eigenvalue weighted by molar-refractivity contribution is 7.84. The first kappa shape index (κ1) is 15.8. The Balaban J connectivity index is 1.55. The summed E-state index contributed by atoms with van der Waals surface area (Å²) in [4.78, 5) is 13.1. The Kier molecular flexibility index (Phi) is 3.98. The van der Waals surface area contributed by atoms with E-state index in [4.69, 9.17) is 0 Å². The number of benzene rings is 3. The molecular weight excluding hydrogens is 330 g/mol. The Morgan fingerprint density at radius 2 is 1.64 bits per heavy atom. The van der Waals surface area contributed by atoms with Gasteiger partial charge in [0.15, 0.2) is 0 Å². The van der Waals surface area contributed by atoms with Gasteiger partial charge in [0, 0.05) is 33.2 Å². The molecule has 0 aliphatic heterocycles. The largest absolute Gasteiger partial charge is 0.322 e. The van der Waals surface area contributed by atoms with Crippen LogP contribution in [-0.2, 0) is 17.2 Å². The molecule has 0 spiro atoms. The lowest BCUT2D eigenvalue weighted by Crippen LogP contribution is -2.12. The molecule has 4 heteroatoms. The fraction of sp³-hybridized carbons (Fsp3) is 0.0952. The SMILES string of the molecule is C[S@@](=O)c1ccc(C(=O)Nc2ccc3c(c2)Cc2ccccc2-3)cc1. The van der Waals surface area contributed by atoms with E-state index in [0.29, 0.717) is 10.5 Å². The topological polar surface area (TPSA) is 46.2 Å². The monoisotopic (exact) mass is 347 g/mol. The minimum Gasteiger partial charge on any atom is -0.322 e. The maximum Gasteiger partial charge on any atom is 0.255 e. The summed E-state index contributed by atoms with van der Waals surface area (Å²) in [6.45, 7) is 0. The molecule has 1 amide bonds. The molecule has 1 atom stereocenters. The minimum atomic E-state index is -1.04. The number of hydrogen-bond donors (Lipinski definition) is 1. The summed E-state index contributed by atoms with van der Waals surface area (Å²) in [7, 11) is -1.04. The van der Waals surface area contributed by atoms with E-state index >= 15 is 0 Å². The van der Waals surface area contributed by atoms with Crippen LogP contribution in [0.3, 0.4) is 0 Å². The molecule has 3 aromatic carbocycles. The lowest BCUT2D eigenvalue weighted by atomic mass is 10.1. The van der Waals surface area contributed by atoms with E-state index in [9.17, 15) is 9.00 Å². The molecule has 3 aromatic rings. The summed E-state index contributed by atoms with van der Waals surface area (Å²) in [5.74, 6) is -0.163. The first-order valence-corrected chi connectivity index (χ1v) is 9.64. The van der Waals surface area contributed by atoms with Crippen molar-refractivity contribution in [2.45, 2.75) is 11.3 Å². The van der Waals surface area contributed by atoms with Gasteiger partial charge in [0.1, 0.15) is 0 Å². The molecule has 0 aromatic heterocycles. The Bertz CT molecular complexity index is 993. The summed E-state index contributed by atoms with van der Waals surface area (Å²) >= 11 is 0. The molecule has 0 saturated carbocycles. The third kappa shape index (κ3) is 3.01. The second kappa shape index (κ2) is 6.30. The Labute approximate surface area is 149 Å². The van der Waals surface area contributed by atoms with E-state index in [1.165, 1.54) is 22.3 Å². The molecule has 1 aliphatic carbocycles. The molecule has 25 heavy (non-hydrogen) atoms. The van der Waals surface area contributed by atoms with Crippen molar-refractivity contribution in [2.75, 3.05) is 11.6 Å². The van der Waals surface area contributed by atoms with Crippen molar-refractivity contribution in [1.82, 2.24) is 0 Å². The molecule has 0 saturated heterocycles. The van der Waals surface area contributed by atoms with Crippen molar-refractivity contribution in [3.8, 4) is 11.1 Å². The molecule has 0 heterocycles. The van der Waals surface area contributed by atoms with Crippen molar-refractivity contribution in [3.63, 3.8) is 0 Å². The third-order valence-corrected chi connectivity index (χ3v) is 5.44. The van der Waals surface area contributed by atoms with Crippen LogP contribution in [-0.4, -0.2) is 16.4 Å². The predicted octanol–water partition coefficient (Wildman–Crippen LogP) is 4.25. The summed E-state index contributed by atoms with van der Waals surface area (Å²) < 4.78 is 11.4. The lowest BCUT2D eigenvalue weighted by Gasteiger charge is -2.08. The van der Waals surface area contributed by atoms with Crippen molar-refractivity contribution in [1.29, 1.82) is 0 Å². The maximum atomic E-state index is 12.4. The first-order chi connectivity index (χ1) is 12.1. The highest BCUT2D eigenvalue weighted by Gasteiger charge is 2.18. The molecule has 0 bridgehead atoms. The average Bonchev–Trinajstić information content (AvgIpc) is 2.99. The van der Waals surface area contributed by atoms with Crippen LogP contribution in [0, 0.1) is 0 Å². The molecule has 0 fully saturated rings. The van der Waals surface area contributed by atoms with Gasteiger partial charge >= 0.3 is 0 Å². The Morgan fingerprint density at radius 3 is 2.40 bits per heavy atom. The molecule has 3 nitrogen and oxygen atoms in total. The molecule has 4 rings (SSSR count). The van der Waals surface area contributed by atoms with Gasteiger partial charge in [-0.2, -0.15) is 0 Å². The number of anilines is 1. The first-order valence-electron chi connectivity index (χ1n) is 8.08. The van der Waals surface area contributed by atoms with Gasteiger partial charge < -0.3 is 5.32 Å². The quantitative estimate of drug-likeness (QED) is 0.602. The zero-order chi connectivity index (χ0) is 17.4. The molecule has 124 valence electrons. The Morgan fingerprint density at radius 1 is 0.920 bits per heavy atom. The minimum absolute atomic E-state index is 0.163. The summed E-state index contributed by atoms with van der Waals surface area (Å²) in [6, 6.07) is 21.3. The zero-order valence-corrected chi connectivity index (χ0v) is 14.6. The van der Waals surface area contributed by atoms with Gasteiger partial charge in [0.2, 0.25) is 0 Å². The van der Waals surface area contributed by atoms with Gasteiger partial charge in [-0.3, -0.25) is 9.00 Å². The van der Waals surface area contributed by atoms with E-state index in [1.807, 2.05) is 12.1 Å². The molecule has 0 radical (unpaired) electrons. The number of amides is 1. The second-order valence-electron chi connectivity index (χ2n) is 6.14. The van der Waals surface area contributed by atoms with Crippen LogP contribution in [0.15, 0.2) is 71.6 Å². The van der Waals surface area contributed by atoms with E-state index in [0.717, 1.165) is 12.1 Å². The fourth-order valence-corrected chi connectivity index (χ4v) is 3.74. The zero-order valence-electron chi connectivity index (χ0n) is 13.8. The fourth-order valence-electron chi connectivity index (χ4n) is 3.22. The van der Waals surface area contributed by atoms with E-state index in [1.54, 1.807) is 30.5 Å². The number of rotatable bonds is 3. The molecule has 0 unspecified atom stereocenters. The maximum absolute atomic E-state index is 12.4. The smallest absolute Gasteiger partial charge is 0.255 e.